The number of ether oxygens (including phenoxy) is 1. The number of amides is 1. The van der Waals surface area contributed by atoms with E-state index in [-0.39, 0.29) is 5.91 Å². The van der Waals surface area contributed by atoms with Gasteiger partial charge in [0.25, 0.3) is 0 Å². The van der Waals surface area contributed by atoms with Gasteiger partial charge in [-0.2, -0.15) is 0 Å². The van der Waals surface area contributed by atoms with Crippen molar-refractivity contribution in [1.29, 1.82) is 0 Å². The van der Waals surface area contributed by atoms with Crippen LogP contribution in [0.2, 0.25) is 5.02 Å². The molecule has 6 heteroatoms. The Morgan fingerprint density at radius 3 is 2.81 bits per heavy atom. The lowest BCUT2D eigenvalue weighted by Gasteiger charge is -2.26. The first-order valence-corrected chi connectivity index (χ1v) is 9.86. The normalized spacial score (nSPS) is 18.4. The van der Waals surface area contributed by atoms with Crippen molar-refractivity contribution in [2.24, 2.45) is 0 Å². The van der Waals surface area contributed by atoms with Crippen LogP contribution in [0.3, 0.4) is 0 Å². The number of aromatic nitrogens is 1. The summed E-state index contributed by atoms with van der Waals surface area (Å²) >= 11 is 6.27. The summed E-state index contributed by atoms with van der Waals surface area (Å²) in [5, 5.41) is 5.00. The molecule has 0 unspecified atom stereocenters. The SMILES string of the molecule is Cc1c(CCN2CCOCC2)c2cc(Cl)ccc2n1CC(=O)NC1CC1. The Hall–Kier alpha value is -1.56. The zero-order valence-electron chi connectivity index (χ0n) is 15.3. The number of morpholine rings is 1. The highest BCUT2D eigenvalue weighted by Crippen LogP contribution is 2.29. The highest BCUT2D eigenvalue weighted by atomic mass is 35.5. The topological polar surface area (TPSA) is 46.5 Å². The minimum absolute atomic E-state index is 0.0992. The van der Waals surface area contributed by atoms with Gasteiger partial charge in [-0.05, 0) is 49.9 Å². The number of hydrogen-bond acceptors (Lipinski definition) is 3. The number of fused-ring (bicyclic) bond motifs is 1. The summed E-state index contributed by atoms with van der Waals surface area (Å²) in [5.41, 5.74) is 3.56. The molecule has 0 bridgehead atoms. The molecule has 2 fully saturated rings. The Labute approximate surface area is 159 Å². The van der Waals surface area contributed by atoms with E-state index in [4.69, 9.17) is 16.3 Å². The van der Waals surface area contributed by atoms with Crippen LogP contribution in [-0.4, -0.2) is 54.3 Å². The van der Waals surface area contributed by atoms with E-state index >= 15 is 0 Å². The minimum Gasteiger partial charge on any atom is -0.379 e. The molecule has 1 saturated heterocycles. The highest BCUT2D eigenvalue weighted by molar-refractivity contribution is 6.31. The quantitative estimate of drug-likeness (QED) is 0.844. The van der Waals surface area contributed by atoms with Gasteiger partial charge in [0.05, 0.1) is 13.2 Å². The Kier molecular flexibility index (Phi) is 5.20. The van der Waals surface area contributed by atoms with Gasteiger partial charge in [-0.25, -0.2) is 0 Å². The smallest absolute Gasteiger partial charge is 0.240 e. The predicted molar refractivity (Wildman–Crippen MR) is 104 cm³/mol. The summed E-state index contributed by atoms with van der Waals surface area (Å²) in [4.78, 5) is 14.8. The number of benzene rings is 1. The van der Waals surface area contributed by atoms with Gasteiger partial charge >= 0.3 is 0 Å². The van der Waals surface area contributed by atoms with Gasteiger partial charge in [0.2, 0.25) is 5.91 Å². The van der Waals surface area contributed by atoms with Crippen LogP contribution in [0, 0.1) is 6.92 Å². The van der Waals surface area contributed by atoms with Crippen molar-refractivity contribution < 1.29 is 9.53 Å². The molecule has 0 spiro atoms. The second kappa shape index (κ2) is 7.59. The average Bonchev–Trinajstić information content (AvgIpc) is 3.41. The lowest BCUT2D eigenvalue weighted by molar-refractivity contribution is -0.121. The molecule has 2 heterocycles. The molecule has 2 aromatic rings. The maximum Gasteiger partial charge on any atom is 0.240 e. The van der Waals surface area contributed by atoms with Crippen molar-refractivity contribution in [3.8, 4) is 0 Å². The fourth-order valence-electron chi connectivity index (χ4n) is 3.78. The van der Waals surface area contributed by atoms with Crippen molar-refractivity contribution in [3.63, 3.8) is 0 Å². The van der Waals surface area contributed by atoms with Crippen LogP contribution >= 0.6 is 11.6 Å². The van der Waals surface area contributed by atoms with Crippen LogP contribution in [0.4, 0.5) is 0 Å². The largest absolute Gasteiger partial charge is 0.379 e. The fraction of sp³-hybridized carbons (Fsp3) is 0.550. The van der Waals surface area contributed by atoms with E-state index in [1.54, 1.807) is 0 Å². The molecule has 140 valence electrons. The van der Waals surface area contributed by atoms with E-state index < -0.39 is 0 Å². The molecule has 1 N–H and O–H groups in total. The van der Waals surface area contributed by atoms with Gasteiger partial charge in [0.1, 0.15) is 6.54 Å². The second-order valence-corrected chi connectivity index (χ2v) is 7.79. The van der Waals surface area contributed by atoms with Crippen LogP contribution in [0.25, 0.3) is 10.9 Å². The van der Waals surface area contributed by atoms with Gasteiger partial charge in [-0.3, -0.25) is 9.69 Å². The summed E-state index contributed by atoms with van der Waals surface area (Å²) in [6, 6.07) is 6.37. The molecular weight excluding hydrogens is 350 g/mol. The number of hydrogen-bond donors (Lipinski definition) is 1. The van der Waals surface area contributed by atoms with E-state index in [2.05, 4.69) is 21.7 Å². The van der Waals surface area contributed by atoms with Crippen LogP contribution < -0.4 is 5.32 Å². The first kappa shape index (κ1) is 17.8. The number of halogens is 1. The van der Waals surface area contributed by atoms with E-state index in [1.165, 1.54) is 16.6 Å². The molecule has 1 aromatic heterocycles. The molecular formula is C20H26ClN3O2. The molecule has 1 aromatic carbocycles. The van der Waals surface area contributed by atoms with Crippen molar-refractivity contribution in [1.82, 2.24) is 14.8 Å². The number of rotatable bonds is 6. The molecule has 1 amide bonds. The molecule has 1 aliphatic carbocycles. The van der Waals surface area contributed by atoms with Crippen molar-refractivity contribution in [2.45, 2.75) is 38.8 Å². The molecule has 1 aliphatic heterocycles. The Morgan fingerprint density at radius 1 is 1.31 bits per heavy atom. The molecule has 26 heavy (non-hydrogen) atoms. The summed E-state index contributed by atoms with van der Waals surface area (Å²) < 4.78 is 7.58. The average molecular weight is 376 g/mol. The zero-order valence-corrected chi connectivity index (χ0v) is 16.0. The first-order chi connectivity index (χ1) is 12.6. The van der Waals surface area contributed by atoms with Crippen molar-refractivity contribution in [3.05, 3.63) is 34.5 Å². The van der Waals surface area contributed by atoms with Crippen LogP contribution in [-0.2, 0) is 22.5 Å². The van der Waals surface area contributed by atoms with Gasteiger partial charge in [-0.15, -0.1) is 0 Å². The fourth-order valence-corrected chi connectivity index (χ4v) is 3.95. The Balaban J connectivity index is 1.59. The third kappa shape index (κ3) is 3.90. The van der Waals surface area contributed by atoms with Crippen LogP contribution in [0.15, 0.2) is 18.2 Å². The molecule has 0 radical (unpaired) electrons. The monoisotopic (exact) mass is 375 g/mol. The summed E-state index contributed by atoms with van der Waals surface area (Å²) in [6.07, 6.45) is 3.18. The van der Waals surface area contributed by atoms with E-state index in [0.717, 1.165) is 62.6 Å². The van der Waals surface area contributed by atoms with Gasteiger partial charge in [0, 0.05) is 47.3 Å². The number of carbonyl (C=O) groups excluding carboxylic acids is 1. The lowest BCUT2D eigenvalue weighted by atomic mass is 10.1. The third-order valence-corrected chi connectivity index (χ3v) is 5.68. The number of nitrogens with zero attached hydrogens (tertiary/aromatic N) is 2. The predicted octanol–water partition coefficient (Wildman–Crippen LogP) is 2.76. The first-order valence-electron chi connectivity index (χ1n) is 9.48. The Bertz CT molecular complexity index is 807. The highest BCUT2D eigenvalue weighted by Gasteiger charge is 2.24. The van der Waals surface area contributed by atoms with E-state index in [9.17, 15) is 4.79 Å². The lowest BCUT2D eigenvalue weighted by Crippen LogP contribution is -2.37. The molecule has 1 saturated carbocycles. The Morgan fingerprint density at radius 2 is 2.08 bits per heavy atom. The third-order valence-electron chi connectivity index (χ3n) is 5.44. The summed E-state index contributed by atoms with van der Waals surface area (Å²) in [6.45, 7) is 7.10. The standard InChI is InChI=1S/C20H26ClN3O2/c1-14-17(6-7-23-8-10-26-11-9-23)18-12-15(21)2-5-19(18)24(14)13-20(25)22-16-3-4-16/h2,5,12,16H,3-4,6-11,13H2,1H3,(H,22,25). The van der Waals surface area contributed by atoms with Crippen molar-refractivity contribution in [2.75, 3.05) is 32.8 Å². The summed E-state index contributed by atoms with van der Waals surface area (Å²) in [5.74, 6) is 0.0992. The zero-order chi connectivity index (χ0) is 18.1. The number of nitrogens with one attached hydrogen (secondary N) is 1. The molecule has 2 aliphatic rings. The maximum atomic E-state index is 12.4. The summed E-state index contributed by atoms with van der Waals surface area (Å²) in [7, 11) is 0. The maximum absolute atomic E-state index is 12.4. The van der Waals surface area contributed by atoms with Crippen LogP contribution in [0.5, 0.6) is 0 Å². The van der Waals surface area contributed by atoms with Gasteiger partial charge in [-0.1, -0.05) is 11.6 Å². The van der Waals surface area contributed by atoms with Gasteiger partial charge in [0.15, 0.2) is 0 Å². The van der Waals surface area contributed by atoms with E-state index in [0.29, 0.717) is 12.6 Å². The van der Waals surface area contributed by atoms with Crippen LogP contribution in [0.1, 0.15) is 24.1 Å². The van der Waals surface area contributed by atoms with Gasteiger partial charge < -0.3 is 14.6 Å². The van der Waals surface area contributed by atoms with Crippen molar-refractivity contribution >= 4 is 28.4 Å². The molecule has 0 atom stereocenters. The molecule has 4 rings (SSSR count). The minimum atomic E-state index is 0.0992. The van der Waals surface area contributed by atoms with E-state index in [1.807, 2.05) is 18.2 Å². The number of carbonyl (C=O) groups is 1. The second-order valence-electron chi connectivity index (χ2n) is 7.36. The molecule has 5 nitrogen and oxygen atoms in total.